The van der Waals surface area contributed by atoms with E-state index in [1.807, 2.05) is 0 Å². The van der Waals surface area contributed by atoms with Gasteiger partial charge in [0.25, 0.3) is 0 Å². The number of hydrogen-bond acceptors (Lipinski definition) is 1. The second kappa shape index (κ2) is 5.01. The number of allylic oxidation sites excluding steroid dienone is 4. The lowest BCUT2D eigenvalue weighted by Gasteiger charge is -2.03. The maximum Gasteiger partial charge on any atom is 0.359 e. The van der Waals surface area contributed by atoms with Crippen LogP contribution in [-0.4, -0.2) is 9.79 Å². The van der Waals surface area contributed by atoms with E-state index in [0.29, 0.717) is 0 Å². The highest BCUT2D eigenvalue weighted by molar-refractivity contribution is 7.56. The lowest BCUT2D eigenvalue weighted by molar-refractivity contribution is 0.382. The highest BCUT2D eigenvalue weighted by Gasteiger charge is 2.22. The number of hydrogen-bond donors (Lipinski definition) is 2. The molecule has 13 heavy (non-hydrogen) atoms. The summed E-state index contributed by atoms with van der Waals surface area (Å²) in [5.41, 5.74) is 0. The van der Waals surface area contributed by atoms with Crippen LogP contribution in [0.5, 0.6) is 0 Å². The van der Waals surface area contributed by atoms with Crippen LogP contribution in [0.15, 0.2) is 36.0 Å². The first kappa shape index (κ1) is 12.2. The zero-order valence-corrected chi connectivity index (χ0v) is 7.09. The lowest BCUT2D eigenvalue weighted by Crippen LogP contribution is -1.84. The molecule has 3 nitrogen and oxygen atoms in total. The van der Waals surface area contributed by atoms with Crippen LogP contribution in [0.25, 0.3) is 0 Å². The molecule has 74 valence electrons. The minimum atomic E-state index is -4.92. The SMILES string of the molecule is O=P(O)(O)C(C=CF)=C(F)C=CF. The molecule has 0 unspecified atom stereocenters. The summed E-state index contributed by atoms with van der Waals surface area (Å²) in [5, 5.41) is -1.20. The fourth-order valence-corrected chi connectivity index (χ4v) is 1.12. The van der Waals surface area contributed by atoms with Crippen LogP contribution in [0.4, 0.5) is 13.2 Å². The summed E-state index contributed by atoms with van der Waals surface area (Å²) in [5.74, 6) is -1.52. The molecular weight excluding hydrogens is 208 g/mol. The monoisotopic (exact) mass is 214 g/mol. The highest BCUT2D eigenvalue weighted by atomic mass is 31.2. The smallest absolute Gasteiger partial charge is 0.321 e. The maximum atomic E-state index is 12.6. The van der Waals surface area contributed by atoms with Gasteiger partial charge >= 0.3 is 7.60 Å². The van der Waals surface area contributed by atoms with E-state index in [0.717, 1.165) is 0 Å². The Labute approximate surface area is 72.0 Å². The van der Waals surface area contributed by atoms with Gasteiger partial charge in [0.2, 0.25) is 0 Å². The molecular formula is C6H6F3O3P. The molecule has 0 rings (SSSR count). The van der Waals surface area contributed by atoms with Crippen molar-refractivity contribution in [3.8, 4) is 0 Å². The van der Waals surface area contributed by atoms with Gasteiger partial charge < -0.3 is 9.79 Å². The molecule has 0 radical (unpaired) electrons. The summed E-state index contributed by atoms with van der Waals surface area (Å²) < 4.78 is 46.0. The van der Waals surface area contributed by atoms with Gasteiger partial charge in [-0.15, -0.1) is 0 Å². The molecule has 0 aromatic carbocycles. The van der Waals surface area contributed by atoms with Gasteiger partial charge in [0.05, 0.1) is 12.7 Å². The van der Waals surface area contributed by atoms with Crippen LogP contribution in [0.3, 0.4) is 0 Å². The number of rotatable bonds is 3. The Morgan fingerprint density at radius 2 is 1.62 bits per heavy atom. The van der Waals surface area contributed by atoms with Crippen molar-refractivity contribution in [2.45, 2.75) is 0 Å². The van der Waals surface area contributed by atoms with E-state index in [-0.39, 0.29) is 24.8 Å². The van der Waals surface area contributed by atoms with Crippen molar-refractivity contribution < 1.29 is 27.5 Å². The molecule has 0 aromatic heterocycles. The normalized spacial score (nSPS) is 15.5. The van der Waals surface area contributed by atoms with Crippen LogP contribution < -0.4 is 0 Å². The third-order valence-corrected chi connectivity index (χ3v) is 1.98. The zero-order chi connectivity index (χ0) is 10.5. The molecule has 0 heterocycles. The Kier molecular flexibility index (Phi) is 4.69. The molecule has 0 aliphatic rings. The molecule has 0 amide bonds. The molecule has 0 saturated heterocycles. The molecule has 0 aliphatic heterocycles. The summed E-state index contributed by atoms with van der Waals surface area (Å²) in [6.07, 6.45) is -0.0956. The fourth-order valence-electron chi connectivity index (χ4n) is 0.516. The Hall–Kier alpha value is -0.840. The van der Waals surface area contributed by atoms with E-state index in [1.165, 1.54) is 0 Å². The zero-order valence-electron chi connectivity index (χ0n) is 6.19. The van der Waals surface area contributed by atoms with E-state index >= 15 is 0 Å². The molecule has 0 spiro atoms. The molecule has 0 bridgehead atoms. The molecule has 0 aliphatic carbocycles. The van der Waals surface area contributed by atoms with Crippen LogP contribution in [-0.2, 0) is 4.57 Å². The third kappa shape index (κ3) is 4.07. The summed E-state index contributed by atoms with van der Waals surface area (Å²) in [4.78, 5) is 16.9. The molecule has 0 aromatic rings. The largest absolute Gasteiger partial charge is 0.359 e. The van der Waals surface area contributed by atoms with Crippen molar-refractivity contribution in [2.24, 2.45) is 0 Å². The summed E-state index contributed by atoms with van der Waals surface area (Å²) in [6, 6.07) is 0. The van der Waals surface area contributed by atoms with Crippen LogP contribution >= 0.6 is 7.60 Å². The van der Waals surface area contributed by atoms with Crippen LogP contribution in [0.2, 0.25) is 0 Å². The first-order chi connectivity index (χ1) is 5.93. The Balaban J connectivity index is 5.25. The standard InChI is InChI=1S/C6H6F3O3P/c7-3-1-5(9)6(2-4-8)13(10,11)12/h1-4H,(H2,10,11,12). The summed E-state index contributed by atoms with van der Waals surface area (Å²) in [6.45, 7) is 0. The second-order valence-electron chi connectivity index (χ2n) is 1.86. The van der Waals surface area contributed by atoms with E-state index in [9.17, 15) is 17.7 Å². The van der Waals surface area contributed by atoms with Gasteiger partial charge in [-0.25, -0.2) is 13.2 Å². The van der Waals surface area contributed by atoms with Crippen LogP contribution in [0.1, 0.15) is 0 Å². The maximum absolute atomic E-state index is 12.6. The third-order valence-electron chi connectivity index (χ3n) is 0.989. The van der Waals surface area contributed by atoms with E-state index in [4.69, 9.17) is 9.79 Å². The highest BCUT2D eigenvalue weighted by Crippen LogP contribution is 2.47. The summed E-state index contributed by atoms with van der Waals surface area (Å²) in [7, 11) is -4.92. The van der Waals surface area contributed by atoms with Gasteiger partial charge in [-0.2, -0.15) is 0 Å². The van der Waals surface area contributed by atoms with Crippen LogP contribution in [0, 0.1) is 0 Å². The minimum absolute atomic E-state index is 0.175. The predicted octanol–water partition coefficient (Wildman–Crippen LogP) is 2.31. The molecule has 0 atom stereocenters. The van der Waals surface area contributed by atoms with Gasteiger partial charge in [-0.05, 0) is 6.08 Å². The number of halogens is 3. The molecule has 2 N–H and O–H groups in total. The quantitative estimate of drug-likeness (QED) is 0.559. The molecule has 7 heteroatoms. The first-order valence-corrected chi connectivity index (χ1v) is 4.54. The van der Waals surface area contributed by atoms with Gasteiger partial charge in [-0.3, -0.25) is 4.57 Å². The Morgan fingerprint density at radius 1 is 1.15 bits per heavy atom. The molecule has 0 fully saturated rings. The lowest BCUT2D eigenvalue weighted by atomic mass is 10.4. The van der Waals surface area contributed by atoms with Gasteiger partial charge in [0.1, 0.15) is 11.1 Å². The summed E-state index contributed by atoms with van der Waals surface area (Å²) >= 11 is 0. The van der Waals surface area contributed by atoms with Gasteiger partial charge in [0.15, 0.2) is 0 Å². The van der Waals surface area contributed by atoms with Crippen molar-refractivity contribution in [3.05, 3.63) is 36.0 Å². The second-order valence-corrected chi connectivity index (χ2v) is 3.43. The van der Waals surface area contributed by atoms with E-state index < -0.39 is 18.7 Å². The Morgan fingerprint density at radius 3 is 1.92 bits per heavy atom. The average molecular weight is 214 g/mol. The topological polar surface area (TPSA) is 57.5 Å². The predicted molar refractivity (Wildman–Crippen MR) is 40.7 cm³/mol. The van der Waals surface area contributed by atoms with E-state index in [1.54, 1.807) is 0 Å². The van der Waals surface area contributed by atoms with Crippen molar-refractivity contribution in [2.75, 3.05) is 0 Å². The van der Waals surface area contributed by atoms with Gasteiger partial charge in [0, 0.05) is 6.08 Å². The van der Waals surface area contributed by atoms with Crippen molar-refractivity contribution >= 4 is 7.60 Å². The average Bonchev–Trinajstić information content (AvgIpc) is 1.98. The molecule has 0 saturated carbocycles. The minimum Gasteiger partial charge on any atom is -0.321 e. The van der Waals surface area contributed by atoms with Crippen molar-refractivity contribution in [1.29, 1.82) is 0 Å². The fraction of sp³-hybridized carbons (Fsp3) is 0. The van der Waals surface area contributed by atoms with Gasteiger partial charge in [-0.1, -0.05) is 0 Å². The van der Waals surface area contributed by atoms with Crippen molar-refractivity contribution in [3.63, 3.8) is 0 Å². The Bertz CT molecular complexity index is 302. The first-order valence-electron chi connectivity index (χ1n) is 2.93. The van der Waals surface area contributed by atoms with E-state index in [2.05, 4.69) is 0 Å². The van der Waals surface area contributed by atoms with Crippen molar-refractivity contribution in [1.82, 2.24) is 0 Å².